The molecule has 0 unspecified atom stereocenters. The van der Waals surface area contributed by atoms with Gasteiger partial charge in [-0.25, -0.2) is 0 Å². The largest absolute Gasteiger partial charge is 0.416 e. The molecule has 0 saturated carbocycles. The van der Waals surface area contributed by atoms with Gasteiger partial charge >= 0.3 is 6.18 Å². The summed E-state index contributed by atoms with van der Waals surface area (Å²) in [6.07, 6.45) is -4.32. The molecule has 1 N–H and O–H groups in total. The molecule has 2 aromatic carbocycles. The summed E-state index contributed by atoms with van der Waals surface area (Å²) in [5.74, 6) is 0. The summed E-state index contributed by atoms with van der Waals surface area (Å²) >= 11 is 11.9. The van der Waals surface area contributed by atoms with Crippen molar-refractivity contribution in [3.05, 3.63) is 63.6 Å². The van der Waals surface area contributed by atoms with Gasteiger partial charge in [0, 0.05) is 12.2 Å². The molecule has 106 valence electrons. The lowest BCUT2D eigenvalue weighted by atomic mass is 10.2. The van der Waals surface area contributed by atoms with Crippen LogP contribution in [0.15, 0.2) is 42.5 Å². The van der Waals surface area contributed by atoms with E-state index in [4.69, 9.17) is 23.2 Å². The summed E-state index contributed by atoms with van der Waals surface area (Å²) in [5.41, 5.74) is 0.678. The van der Waals surface area contributed by atoms with Crippen molar-refractivity contribution in [2.24, 2.45) is 0 Å². The van der Waals surface area contributed by atoms with Crippen molar-refractivity contribution in [2.75, 3.05) is 5.32 Å². The third-order valence-corrected chi connectivity index (χ3v) is 3.58. The van der Waals surface area contributed by atoms with Gasteiger partial charge in [-0.2, -0.15) is 13.2 Å². The van der Waals surface area contributed by atoms with Crippen LogP contribution in [0.1, 0.15) is 11.1 Å². The molecule has 0 aliphatic heterocycles. The van der Waals surface area contributed by atoms with Crippen LogP contribution in [0.2, 0.25) is 10.0 Å². The first-order chi connectivity index (χ1) is 9.38. The molecule has 0 amide bonds. The van der Waals surface area contributed by atoms with Crippen molar-refractivity contribution in [1.82, 2.24) is 0 Å². The number of hydrogen-bond donors (Lipinski definition) is 1. The number of rotatable bonds is 3. The molecule has 0 aromatic heterocycles. The smallest absolute Gasteiger partial charge is 0.381 e. The number of halogens is 5. The van der Waals surface area contributed by atoms with Crippen LogP contribution in [0, 0.1) is 0 Å². The summed E-state index contributed by atoms with van der Waals surface area (Å²) in [6, 6.07) is 10.0. The molecule has 2 rings (SSSR count). The molecule has 2 aromatic rings. The van der Waals surface area contributed by atoms with Crippen molar-refractivity contribution in [2.45, 2.75) is 12.7 Å². The van der Waals surface area contributed by atoms with Crippen molar-refractivity contribution < 1.29 is 13.2 Å². The van der Waals surface area contributed by atoms with Crippen molar-refractivity contribution in [3.8, 4) is 0 Å². The molecule has 0 bridgehead atoms. The van der Waals surface area contributed by atoms with Gasteiger partial charge in [0.1, 0.15) is 0 Å². The second-order valence-corrected chi connectivity index (χ2v) is 4.93. The van der Waals surface area contributed by atoms with E-state index in [0.717, 1.165) is 17.7 Å². The number of hydrogen-bond acceptors (Lipinski definition) is 1. The van der Waals surface area contributed by atoms with Gasteiger partial charge in [-0.05, 0) is 35.9 Å². The highest BCUT2D eigenvalue weighted by molar-refractivity contribution is 6.42. The Labute approximate surface area is 124 Å². The van der Waals surface area contributed by atoms with Crippen LogP contribution in [0.4, 0.5) is 18.9 Å². The van der Waals surface area contributed by atoms with Gasteiger partial charge in [0.15, 0.2) is 0 Å². The van der Waals surface area contributed by atoms with E-state index in [9.17, 15) is 13.2 Å². The number of anilines is 1. The van der Waals surface area contributed by atoms with E-state index in [0.29, 0.717) is 22.3 Å². The van der Waals surface area contributed by atoms with Gasteiger partial charge in [-0.1, -0.05) is 35.3 Å². The maximum atomic E-state index is 12.4. The van der Waals surface area contributed by atoms with Gasteiger partial charge in [0.25, 0.3) is 0 Å². The molecule has 0 radical (unpaired) electrons. The third kappa shape index (κ3) is 3.58. The molecule has 20 heavy (non-hydrogen) atoms. The van der Waals surface area contributed by atoms with Crippen LogP contribution in [0.25, 0.3) is 0 Å². The number of alkyl halides is 3. The molecule has 0 saturated heterocycles. The highest BCUT2D eigenvalue weighted by Gasteiger charge is 2.29. The fourth-order valence-corrected chi connectivity index (χ4v) is 2.05. The van der Waals surface area contributed by atoms with Crippen LogP contribution >= 0.6 is 23.2 Å². The fourth-order valence-electron chi connectivity index (χ4n) is 1.66. The Balaban J connectivity index is 2.06. The molecule has 0 spiro atoms. The monoisotopic (exact) mass is 319 g/mol. The highest BCUT2D eigenvalue weighted by Crippen LogP contribution is 2.30. The summed E-state index contributed by atoms with van der Waals surface area (Å²) in [4.78, 5) is 0. The molecular weight excluding hydrogens is 310 g/mol. The topological polar surface area (TPSA) is 12.0 Å². The van der Waals surface area contributed by atoms with E-state index in [1.165, 1.54) is 12.1 Å². The maximum absolute atomic E-state index is 12.4. The Morgan fingerprint density at radius 2 is 1.60 bits per heavy atom. The van der Waals surface area contributed by atoms with E-state index < -0.39 is 11.7 Å². The molecule has 0 aliphatic rings. The minimum absolute atomic E-state index is 0.380. The van der Waals surface area contributed by atoms with Crippen LogP contribution in [-0.4, -0.2) is 0 Å². The zero-order valence-corrected chi connectivity index (χ0v) is 11.7. The highest BCUT2D eigenvalue weighted by atomic mass is 35.5. The first-order valence-corrected chi connectivity index (χ1v) is 6.47. The molecule has 0 fully saturated rings. The standard InChI is InChI=1S/C14H10Cl2F3N/c15-12-3-1-2-9(13(12)16)8-20-11-6-4-10(5-7-11)14(17,18)19/h1-7,20H,8H2. The SMILES string of the molecule is FC(F)(F)c1ccc(NCc2cccc(Cl)c2Cl)cc1. The van der Waals surface area contributed by atoms with Crippen LogP contribution in [0.3, 0.4) is 0 Å². The summed E-state index contributed by atoms with van der Waals surface area (Å²) in [6.45, 7) is 0.380. The fraction of sp³-hybridized carbons (Fsp3) is 0.143. The second-order valence-electron chi connectivity index (χ2n) is 4.14. The molecule has 0 heterocycles. The average molecular weight is 320 g/mol. The van der Waals surface area contributed by atoms with Crippen LogP contribution in [0.5, 0.6) is 0 Å². The van der Waals surface area contributed by atoms with E-state index in [1.54, 1.807) is 18.2 Å². The first kappa shape index (κ1) is 15.0. The molecule has 0 atom stereocenters. The van der Waals surface area contributed by atoms with Gasteiger partial charge < -0.3 is 5.32 Å². The normalized spacial score (nSPS) is 11.4. The average Bonchev–Trinajstić information content (AvgIpc) is 2.40. The Morgan fingerprint density at radius 1 is 0.950 bits per heavy atom. The summed E-state index contributed by atoms with van der Waals surface area (Å²) in [5, 5.41) is 3.88. The predicted molar refractivity (Wildman–Crippen MR) is 75.2 cm³/mol. The zero-order chi connectivity index (χ0) is 14.8. The van der Waals surface area contributed by atoms with E-state index in [2.05, 4.69) is 5.32 Å². The quantitative estimate of drug-likeness (QED) is 0.773. The van der Waals surface area contributed by atoms with E-state index in [-0.39, 0.29) is 0 Å². The Bertz CT molecular complexity index is 594. The molecule has 0 aliphatic carbocycles. The van der Waals surface area contributed by atoms with Crippen molar-refractivity contribution in [1.29, 1.82) is 0 Å². The van der Waals surface area contributed by atoms with Crippen LogP contribution in [-0.2, 0) is 12.7 Å². The Morgan fingerprint density at radius 3 is 2.20 bits per heavy atom. The Kier molecular flexibility index (Phi) is 4.45. The van der Waals surface area contributed by atoms with Crippen molar-refractivity contribution in [3.63, 3.8) is 0 Å². The minimum Gasteiger partial charge on any atom is -0.381 e. The number of benzene rings is 2. The summed E-state index contributed by atoms with van der Waals surface area (Å²) < 4.78 is 37.2. The Hall–Kier alpha value is -1.39. The summed E-state index contributed by atoms with van der Waals surface area (Å²) in [7, 11) is 0. The molecule has 6 heteroatoms. The third-order valence-electron chi connectivity index (χ3n) is 2.73. The molecule has 1 nitrogen and oxygen atoms in total. The molecular formula is C14H10Cl2F3N. The zero-order valence-electron chi connectivity index (χ0n) is 10.1. The lowest BCUT2D eigenvalue weighted by molar-refractivity contribution is -0.137. The van der Waals surface area contributed by atoms with Crippen LogP contribution < -0.4 is 5.32 Å². The minimum atomic E-state index is -4.32. The first-order valence-electron chi connectivity index (χ1n) is 5.72. The van der Waals surface area contributed by atoms with E-state index in [1.807, 2.05) is 0 Å². The van der Waals surface area contributed by atoms with Gasteiger partial charge in [0.05, 0.1) is 15.6 Å². The number of nitrogens with one attached hydrogen (secondary N) is 1. The van der Waals surface area contributed by atoms with Gasteiger partial charge in [-0.15, -0.1) is 0 Å². The lowest BCUT2D eigenvalue weighted by Gasteiger charge is -2.11. The van der Waals surface area contributed by atoms with Crippen molar-refractivity contribution >= 4 is 28.9 Å². The maximum Gasteiger partial charge on any atom is 0.416 e. The van der Waals surface area contributed by atoms with Gasteiger partial charge in [0.2, 0.25) is 0 Å². The van der Waals surface area contributed by atoms with E-state index >= 15 is 0 Å². The second kappa shape index (κ2) is 5.94. The predicted octanol–water partition coefficient (Wildman–Crippen LogP) is 5.62. The lowest BCUT2D eigenvalue weighted by Crippen LogP contribution is -2.05. The van der Waals surface area contributed by atoms with Gasteiger partial charge in [-0.3, -0.25) is 0 Å².